The van der Waals surface area contributed by atoms with Crippen molar-refractivity contribution in [2.45, 2.75) is 43.2 Å². The summed E-state index contributed by atoms with van der Waals surface area (Å²) in [5.74, 6) is 0. The molecule has 1 fully saturated rings. The number of hydrogen-bond donors (Lipinski definition) is 1. The Morgan fingerprint density at radius 1 is 1.08 bits per heavy atom. The molecule has 0 spiro atoms. The molecular weight excluding hydrogens is 493 g/mol. The van der Waals surface area contributed by atoms with Crippen LogP contribution in [0.4, 0.5) is 23.7 Å². The van der Waals surface area contributed by atoms with Gasteiger partial charge in [0.1, 0.15) is 10.7 Å². The third-order valence-corrected chi connectivity index (χ3v) is 8.33. The molecule has 1 aliphatic heterocycles. The molecule has 2 aromatic rings. The summed E-state index contributed by atoms with van der Waals surface area (Å²) in [7, 11) is -1.53. The quantitative estimate of drug-likeness (QED) is 0.580. The maximum absolute atomic E-state index is 13.5. The highest BCUT2D eigenvalue weighted by molar-refractivity contribution is 7.73. The highest BCUT2D eigenvalue weighted by Crippen LogP contribution is 2.49. The van der Waals surface area contributed by atoms with Crippen LogP contribution in [0.1, 0.15) is 54.5 Å². The van der Waals surface area contributed by atoms with Crippen molar-refractivity contribution in [3.8, 4) is 12.1 Å². The summed E-state index contributed by atoms with van der Waals surface area (Å²) in [4.78, 5) is 15.8. The fourth-order valence-corrected chi connectivity index (χ4v) is 5.96. The zero-order chi connectivity index (χ0) is 26.4. The molecule has 1 heterocycles. The lowest BCUT2D eigenvalue weighted by Gasteiger charge is -2.43. The smallest absolute Gasteiger partial charge is 0.315 e. The van der Waals surface area contributed by atoms with E-state index in [-0.39, 0.29) is 22.5 Å². The van der Waals surface area contributed by atoms with E-state index in [1.165, 1.54) is 43.1 Å². The Kier molecular flexibility index (Phi) is 6.31. The van der Waals surface area contributed by atoms with Gasteiger partial charge in [0, 0.05) is 12.7 Å². The first kappa shape index (κ1) is 25.3. The number of carbonyl (C=O) groups excluding carboxylic acids is 1. The van der Waals surface area contributed by atoms with Crippen LogP contribution in [-0.4, -0.2) is 26.4 Å². The van der Waals surface area contributed by atoms with Gasteiger partial charge in [0.05, 0.1) is 45.3 Å². The van der Waals surface area contributed by atoms with Crippen LogP contribution in [0.15, 0.2) is 53.7 Å². The molecule has 0 unspecified atom stereocenters. The molecule has 36 heavy (non-hydrogen) atoms. The minimum atomic E-state index is -4.62. The molecular formula is C25H21F3N4O3S. The first-order valence-corrected chi connectivity index (χ1v) is 12.2. The van der Waals surface area contributed by atoms with E-state index in [0.29, 0.717) is 30.4 Å². The zero-order valence-corrected chi connectivity index (χ0v) is 20.2. The van der Waals surface area contributed by atoms with Crippen LogP contribution >= 0.6 is 0 Å². The monoisotopic (exact) mass is 514 g/mol. The second-order valence-electron chi connectivity index (χ2n) is 8.85. The lowest BCUT2D eigenvalue weighted by atomic mass is 9.74. The number of rotatable bonds is 4. The molecule has 2 aromatic carbocycles. The van der Waals surface area contributed by atoms with E-state index >= 15 is 0 Å². The standard InChI is InChI=1S/C25H21F3N4O3S/c1-15-20(14-30)22(19-8-7-16(13-29)11-21(19)24(36(34)35)9-4-10-24)31(2)23(33)32(15)18-6-3-5-17(12-18)25(26,27)28/h3,5-8,11-12,22,36H,4,9-10H2,1-2H3/t22-/m0/s1. The average Bonchev–Trinajstić information content (AvgIpc) is 2.80. The van der Waals surface area contributed by atoms with Gasteiger partial charge < -0.3 is 4.90 Å². The number of anilines is 1. The van der Waals surface area contributed by atoms with Gasteiger partial charge in [0.25, 0.3) is 0 Å². The predicted molar refractivity (Wildman–Crippen MR) is 125 cm³/mol. The molecule has 0 N–H and O–H groups in total. The summed E-state index contributed by atoms with van der Waals surface area (Å²) < 4.78 is 63.4. The van der Waals surface area contributed by atoms with Gasteiger partial charge >= 0.3 is 12.2 Å². The van der Waals surface area contributed by atoms with E-state index in [9.17, 15) is 36.9 Å². The van der Waals surface area contributed by atoms with Gasteiger partial charge in [-0.3, -0.25) is 4.90 Å². The van der Waals surface area contributed by atoms with Crippen molar-refractivity contribution < 1.29 is 26.4 Å². The molecule has 1 aliphatic carbocycles. The average molecular weight is 515 g/mol. The number of amides is 2. The van der Waals surface area contributed by atoms with Crippen molar-refractivity contribution in [3.05, 3.63) is 76.0 Å². The Balaban J connectivity index is 1.92. The number of alkyl halides is 3. The fraction of sp³-hybridized carbons (Fsp3) is 0.320. The van der Waals surface area contributed by atoms with Gasteiger partial charge in [-0.25, -0.2) is 13.2 Å². The molecule has 1 atom stereocenters. The molecule has 2 amide bonds. The van der Waals surface area contributed by atoms with Gasteiger partial charge in [0.15, 0.2) is 0 Å². The number of allylic oxidation sites excluding steroid dienone is 1. The number of hydrogen-bond acceptors (Lipinski definition) is 5. The number of likely N-dealkylation sites (N-methyl/N-ethyl adjacent to an activating group) is 1. The molecule has 7 nitrogen and oxygen atoms in total. The number of nitriles is 2. The van der Waals surface area contributed by atoms with Crippen LogP contribution in [0.3, 0.4) is 0 Å². The van der Waals surface area contributed by atoms with Crippen molar-refractivity contribution in [1.82, 2.24) is 4.90 Å². The summed E-state index contributed by atoms with van der Waals surface area (Å²) >= 11 is 0. The molecule has 1 saturated carbocycles. The molecule has 0 radical (unpaired) electrons. The largest absolute Gasteiger partial charge is 0.416 e. The van der Waals surface area contributed by atoms with Gasteiger partial charge in [-0.15, -0.1) is 0 Å². The third-order valence-electron chi connectivity index (χ3n) is 6.94. The highest BCUT2D eigenvalue weighted by Gasteiger charge is 2.47. The van der Waals surface area contributed by atoms with E-state index in [1.54, 1.807) is 6.07 Å². The molecule has 0 bridgehead atoms. The number of urea groups is 1. The summed E-state index contributed by atoms with van der Waals surface area (Å²) in [6.45, 7) is 1.47. The normalized spacial score (nSPS) is 19.7. The van der Waals surface area contributed by atoms with E-state index in [4.69, 9.17) is 0 Å². The maximum Gasteiger partial charge on any atom is 0.416 e. The summed E-state index contributed by atoms with van der Waals surface area (Å²) in [6, 6.07) is 11.2. The van der Waals surface area contributed by atoms with E-state index < -0.39 is 39.3 Å². The molecule has 11 heteroatoms. The number of nitrogens with zero attached hydrogens (tertiary/aromatic N) is 4. The van der Waals surface area contributed by atoms with E-state index in [1.807, 2.05) is 6.07 Å². The minimum absolute atomic E-state index is 0.0523. The summed E-state index contributed by atoms with van der Waals surface area (Å²) in [5.41, 5.74) is 0.217. The van der Waals surface area contributed by atoms with Crippen LogP contribution in [0.25, 0.3) is 0 Å². The minimum Gasteiger partial charge on any atom is -0.315 e. The van der Waals surface area contributed by atoms with Crippen LogP contribution in [0.5, 0.6) is 0 Å². The Hall–Kier alpha value is -3.83. The second-order valence-corrected chi connectivity index (χ2v) is 10.2. The van der Waals surface area contributed by atoms with Crippen molar-refractivity contribution >= 4 is 22.4 Å². The first-order chi connectivity index (χ1) is 17.0. The topological polar surface area (TPSA) is 105 Å². The van der Waals surface area contributed by atoms with Crippen molar-refractivity contribution in [1.29, 1.82) is 10.5 Å². The fourth-order valence-electron chi connectivity index (χ4n) is 4.88. The SMILES string of the molecule is CC1=C(C#N)[C@H](c2ccc(C#N)cc2C2([SH](=O)=O)CCC2)N(C)C(=O)N1c1cccc(C(F)(F)F)c1. The zero-order valence-electron chi connectivity index (χ0n) is 19.3. The van der Waals surface area contributed by atoms with Crippen LogP contribution in [-0.2, 0) is 21.6 Å². The number of benzene rings is 2. The maximum atomic E-state index is 13.5. The summed E-state index contributed by atoms with van der Waals surface area (Å²) in [5, 5.41) is 19.5. The Bertz CT molecular complexity index is 1440. The first-order valence-electron chi connectivity index (χ1n) is 11.0. The Labute approximate surface area is 207 Å². The van der Waals surface area contributed by atoms with Crippen molar-refractivity contribution in [2.24, 2.45) is 0 Å². The van der Waals surface area contributed by atoms with Crippen molar-refractivity contribution in [2.75, 3.05) is 11.9 Å². The molecule has 4 rings (SSSR count). The van der Waals surface area contributed by atoms with Crippen LogP contribution < -0.4 is 4.90 Å². The van der Waals surface area contributed by atoms with E-state index in [0.717, 1.165) is 17.0 Å². The van der Waals surface area contributed by atoms with Crippen molar-refractivity contribution in [3.63, 3.8) is 0 Å². The van der Waals surface area contributed by atoms with Gasteiger partial charge in [-0.1, -0.05) is 12.1 Å². The number of halogens is 3. The molecule has 0 saturated heterocycles. The van der Waals surface area contributed by atoms with E-state index in [2.05, 4.69) is 6.07 Å². The number of carbonyl (C=O) groups is 1. The highest BCUT2D eigenvalue weighted by atomic mass is 32.2. The molecule has 186 valence electrons. The molecule has 2 aliphatic rings. The van der Waals surface area contributed by atoms with Gasteiger partial charge in [0.2, 0.25) is 0 Å². The third kappa shape index (κ3) is 3.90. The van der Waals surface area contributed by atoms with Gasteiger partial charge in [-0.05, 0) is 67.6 Å². The number of thiol groups is 1. The van der Waals surface area contributed by atoms with Gasteiger partial charge in [-0.2, -0.15) is 23.7 Å². The Morgan fingerprint density at radius 3 is 2.31 bits per heavy atom. The van der Waals surface area contributed by atoms with Crippen LogP contribution in [0, 0.1) is 22.7 Å². The van der Waals surface area contributed by atoms with Crippen LogP contribution in [0.2, 0.25) is 0 Å². The second kappa shape index (κ2) is 8.99. The molecule has 0 aromatic heterocycles. The lowest BCUT2D eigenvalue weighted by molar-refractivity contribution is -0.137. The lowest BCUT2D eigenvalue weighted by Crippen LogP contribution is -2.48. The predicted octanol–water partition coefficient (Wildman–Crippen LogP) is 4.98. The summed E-state index contributed by atoms with van der Waals surface area (Å²) in [6.07, 6.45) is -3.26. The Morgan fingerprint density at radius 2 is 1.78 bits per heavy atom.